The van der Waals surface area contributed by atoms with Crippen LogP contribution in [0, 0.1) is 17.1 Å². The van der Waals surface area contributed by atoms with E-state index in [-0.39, 0.29) is 18.0 Å². The molecule has 2 aromatic carbocycles. The van der Waals surface area contributed by atoms with Gasteiger partial charge in [-0.05, 0) is 42.0 Å². The topological polar surface area (TPSA) is 64.2 Å². The van der Waals surface area contributed by atoms with Gasteiger partial charge in [0.1, 0.15) is 29.9 Å². The third-order valence-electron chi connectivity index (χ3n) is 3.49. The van der Waals surface area contributed by atoms with Crippen LogP contribution in [-0.4, -0.2) is 10.5 Å². The first-order valence-electron chi connectivity index (χ1n) is 7.44. The van der Waals surface area contributed by atoms with E-state index in [1.165, 1.54) is 41.0 Å². The fourth-order valence-corrected chi connectivity index (χ4v) is 2.32. The zero-order valence-corrected chi connectivity index (χ0v) is 13.1. The maximum atomic E-state index is 13.1. The van der Waals surface area contributed by atoms with E-state index in [1.54, 1.807) is 0 Å². The van der Waals surface area contributed by atoms with Gasteiger partial charge in [-0.25, -0.2) is 9.18 Å². The lowest BCUT2D eigenvalue weighted by Crippen LogP contribution is -2.12. The van der Waals surface area contributed by atoms with Gasteiger partial charge in [0.2, 0.25) is 0 Å². The SMILES string of the molecule is N#Cc1ccc(C(=O)OOCc2ccccc2)n1-c1ccc(F)cc1. The maximum Gasteiger partial charge on any atom is 0.389 e. The molecule has 0 saturated heterocycles. The van der Waals surface area contributed by atoms with Gasteiger partial charge in [0.15, 0.2) is 0 Å². The van der Waals surface area contributed by atoms with Crippen LogP contribution in [0.1, 0.15) is 21.7 Å². The first-order valence-corrected chi connectivity index (χ1v) is 7.44. The molecule has 3 rings (SSSR count). The van der Waals surface area contributed by atoms with Gasteiger partial charge in [0, 0.05) is 5.69 Å². The van der Waals surface area contributed by atoms with Crippen LogP contribution in [0.25, 0.3) is 5.69 Å². The second kappa shape index (κ2) is 7.43. The van der Waals surface area contributed by atoms with Crippen LogP contribution >= 0.6 is 0 Å². The van der Waals surface area contributed by atoms with Crippen LogP contribution in [-0.2, 0) is 16.4 Å². The molecule has 0 aliphatic rings. The monoisotopic (exact) mass is 336 g/mol. The molecular formula is C19H13FN2O3. The summed E-state index contributed by atoms with van der Waals surface area (Å²) in [4.78, 5) is 22.1. The highest BCUT2D eigenvalue weighted by atomic mass is 19.1. The van der Waals surface area contributed by atoms with Gasteiger partial charge >= 0.3 is 5.97 Å². The van der Waals surface area contributed by atoms with Crippen LogP contribution in [0.2, 0.25) is 0 Å². The summed E-state index contributed by atoms with van der Waals surface area (Å²) in [5, 5.41) is 9.23. The highest BCUT2D eigenvalue weighted by Crippen LogP contribution is 2.18. The van der Waals surface area contributed by atoms with Gasteiger partial charge in [0.05, 0.1) is 0 Å². The lowest BCUT2D eigenvalue weighted by Gasteiger charge is -2.10. The minimum Gasteiger partial charge on any atom is -0.295 e. The Balaban J connectivity index is 1.78. The zero-order valence-electron chi connectivity index (χ0n) is 13.1. The average molecular weight is 336 g/mol. The van der Waals surface area contributed by atoms with Crippen molar-refractivity contribution >= 4 is 5.97 Å². The standard InChI is InChI=1S/C19H13FN2O3/c20-15-6-8-16(9-7-15)22-17(12-21)10-11-18(22)19(23)25-24-13-14-4-2-1-3-5-14/h1-11H,13H2. The van der Waals surface area contributed by atoms with Gasteiger partial charge in [0.25, 0.3) is 0 Å². The number of carbonyl (C=O) groups excluding carboxylic acids is 1. The smallest absolute Gasteiger partial charge is 0.295 e. The summed E-state index contributed by atoms with van der Waals surface area (Å²) in [7, 11) is 0. The molecule has 124 valence electrons. The molecule has 0 radical (unpaired) electrons. The molecular weight excluding hydrogens is 323 g/mol. The fraction of sp³-hybridized carbons (Fsp3) is 0.0526. The summed E-state index contributed by atoms with van der Waals surface area (Å²) in [6, 6.07) is 19.6. The maximum absolute atomic E-state index is 13.1. The van der Waals surface area contributed by atoms with Crippen molar-refractivity contribution in [2.24, 2.45) is 0 Å². The van der Waals surface area contributed by atoms with E-state index in [2.05, 4.69) is 0 Å². The highest BCUT2D eigenvalue weighted by molar-refractivity contribution is 5.88. The summed E-state index contributed by atoms with van der Waals surface area (Å²) in [5.74, 6) is -1.16. The number of carbonyl (C=O) groups is 1. The number of hydrogen-bond donors (Lipinski definition) is 0. The molecule has 0 bridgehead atoms. The van der Waals surface area contributed by atoms with Crippen LogP contribution < -0.4 is 0 Å². The minimum atomic E-state index is -0.748. The molecule has 0 atom stereocenters. The second-order valence-electron chi connectivity index (χ2n) is 5.15. The second-order valence-corrected chi connectivity index (χ2v) is 5.15. The van der Waals surface area contributed by atoms with E-state index in [9.17, 15) is 14.4 Å². The molecule has 3 aromatic rings. The predicted molar refractivity (Wildman–Crippen MR) is 87.1 cm³/mol. The zero-order chi connectivity index (χ0) is 17.6. The Kier molecular flexibility index (Phi) is 4.88. The third-order valence-corrected chi connectivity index (χ3v) is 3.49. The summed E-state index contributed by atoms with van der Waals surface area (Å²) in [6.07, 6.45) is 0. The number of nitrogens with zero attached hydrogens (tertiary/aromatic N) is 2. The molecule has 0 spiro atoms. The summed E-state index contributed by atoms with van der Waals surface area (Å²) in [6.45, 7) is 0.106. The van der Waals surface area contributed by atoms with Crippen molar-refractivity contribution in [2.75, 3.05) is 0 Å². The molecule has 1 aromatic heterocycles. The highest BCUT2D eigenvalue weighted by Gasteiger charge is 2.19. The lowest BCUT2D eigenvalue weighted by atomic mass is 10.2. The molecule has 0 unspecified atom stereocenters. The Morgan fingerprint density at radius 1 is 1.04 bits per heavy atom. The van der Waals surface area contributed by atoms with Crippen molar-refractivity contribution in [3.05, 3.63) is 89.5 Å². The van der Waals surface area contributed by atoms with E-state index >= 15 is 0 Å². The number of halogens is 1. The van der Waals surface area contributed by atoms with Crippen molar-refractivity contribution in [1.29, 1.82) is 5.26 Å². The van der Waals surface area contributed by atoms with Gasteiger partial charge in [-0.2, -0.15) is 10.1 Å². The molecule has 0 N–H and O–H groups in total. The van der Waals surface area contributed by atoms with Gasteiger partial charge in [-0.15, -0.1) is 0 Å². The Morgan fingerprint density at radius 2 is 1.76 bits per heavy atom. The molecule has 0 aliphatic heterocycles. The van der Waals surface area contributed by atoms with Crippen molar-refractivity contribution < 1.29 is 19.0 Å². The van der Waals surface area contributed by atoms with Crippen LogP contribution in [0.15, 0.2) is 66.7 Å². The lowest BCUT2D eigenvalue weighted by molar-refractivity contribution is -0.251. The predicted octanol–water partition coefficient (Wildman–Crippen LogP) is 3.78. The number of benzene rings is 2. The van der Waals surface area contributed by atoms with E-state index in [4.69, 9.17) is 9.78 Å². The summed E-state index contributed by atoms with van der Waals surface area (Å²) >= 11 is 0. The molecule has 0 saturated carbocycles. The van der Waals surface area contributed by atoms with Crippen molar-refractivity contribution in [3.63, 3.8) is 0 Å². The molecule has 25 heavy (non-hydrogen) atoms. The summed E-state index contributed by atoms with van der Waals surface area (Å²) < 4.78 is 14.5. The largest absolute Gasteiger partial charge is 0.389 e. The van der Waals surface area contributed by atoms with E-state index in [0.717, 1.165) is 5.56 Å². The van der Waals surface area contributed by atoms with E-state index in [1.807, 2.05) is 36.4 Å². The van der Waals surface area contributed by atoms with Gasteiger partial charge in [-0.3, -0.25) is 9.45 Å². The normalized spacial score (nSPS) is 10.2. The number of aromatic nitrogens is 1. The van der Waals surface area contributed by atoms with Crippen LogP contribution in [0.5, 0.6) is 0 Å². The van der Waals surface area contributed by atoms with Crippen molar-refractivity contribution in [1.82, 2.24) is 4.57 Å². The molecule has 0 fully saturated rings. The number of rotatable bonds is 5. The third kappa shape index (κ3) is 3.74. The number of hydrogen-bond acceptors (Lipinski definition) is 4. The molecule has 1 heterocycles. The van der Waals surface area contributed by atoms with Crippen LogP contribution in [0.4, 0.5) is 4.39 Å². The molecule has 0 amide bonds. The molecule has 5 nitrogen and oxygen atoms in total. The van der Waals surface area contributed by atoms with Crippen LogP contribution in [0.3, 0.4) is 0 Å². The summed E-state index contributed by atoms with van der Waals surface area (Å²) in [5.41, 5.74) is 1.65. The first kappa shape index (κ1) is 16.4. The van der Waals surface area contributed by atoms with Crippen molar-refractivity contribution in [3.8, 4) is 11.8 Å². The molecule has 0 aliphatic carbocycles. The van der Waals surface area contributed by atoms with Gasteiger partial charge < -0.3 is 0 Å². The quantitative estimate of drug-likeness (QED) is 0.525. The fourth-order valence-electron chi connectivity index (χ4n) is 2.32. The Bertz CT molecular complexity index is 912. The number of nitriles is 1. The Morgan fingerprint density at radius 3 is 2.44 bits per heavy atom. The minimum absolute atomic E-state index is 0.106. The van der Waals surface area contributed by atoms with E-state index in [0.29, 0.717) is 5.69 Å². The van der Waals surface area contributed by atoms with Crippen molar-refractivity contribution in [2.45, 2.75) is 6.61 Å². The molecule has 6 heteroatoms. The average Bonchev–Trinajstić information content (AvgIpc) is 3.07. The van der Waals surface area contributed by atoms with Gasteiger partial charge in [-0.1, -0.05) is 30.3 Å². The first-order chi connectivity index (χ1) is 12.2. The Labute approximate surface area is 143 Å². The Hall–Kier alpha value is -3.43. The van der Waals surface area contributed by atoms with E-state index < -0.39 is 11.8 Å².